The van der Waals surface area contributed by atoms with Crippen LogP contribution in [0.2, 0.25) is 0 Å². The molecule has 2 amide bonds. The Morgan fingerprint density at radius 3 is 1.83 bits per heavy atom. The summed E-state index contributed by atoms with van der Waals surface area (Å²) in [4.78, 5) is 22.0. The molecule has 0 radical (unpaired) electrons. The Bertz CT molecular complexity index is 332. The highest BCUT2D eigenvalue weighted by atomic mass is 32.2. The average Bonchev–Trinajstić information content (AvgIpc) is 2.52. The van der Waals surface area contributed by atoms with E-state index in [1.165, 1.54) is 59.0 Å². The summed E-state index contributed by atoms with van der Waals surface area (Å²) in [5, 5.41) is 0. The summed E-state index contributed by atoms with van der Waals surface area (Å²) in [5.74, 6) is 0. The minimum atomic E-state index is -1.61. The number of amides is 2. The highest BCUT2D eigenvalue weighted by Crippen LogP contribution is 2.15. The van der Waals surface area contributed by atoms with Crippen molar-refractivity contribution in [2.24, 2.45) is 0 Å². The number of carbonyl (C=O) groups excluding carboxylic acids is 2. The summed E-state index contributed by atoms with van der Waals surface area (Å²) in [6.07, 6.45) is 10.0. The van der Waals surface area contributed by atoms with Gasteiger partial charge in [0.1, 0.15) is 0 Å². The molecule has 0 aliphatic rings. The molecule has 0 aliphatic carbocycles. The van der Waals surface area contributed by atoms with E-state index in [-0.39, 0.29) is 0 Å². The first kappa shape index (κ1) is 22.0. The Labute approximate surface area is 144 Å². The number of halogens is 1. The molecule has 0 bridgehead atoms. The van der Waals surface area contributed by atoms with Crippen molar-refractivity contribution in [3.63, 3.8) is 0 Å². The summed E-state index contributed by atoms with van der Waals surface area (Å²) in [5.41, 5.74) is 0. The number of hydrogen-bond donors (Lipinski definition) is 0. The predicted molar refractivity (Wildman–Crippen MR) is 92.8 cm³/mol. The molecule has 0 aromatic carbocycles. The van der Waals surface area contributed by atoms with Gasteiger partial charge in [-0.2, -0.15) is 0 Å². The first-order valence-electron chi connectivity index (χ1n) is 8.50. The Kier molecular flexibility index (Phi) is 14.0. The third-order valence-corrected chi connectivity index (χ3v) is 4.26. The average molecular weight is 350 g/mol. The van der Waals surface area contributed by atoms with Gasteiger partial charge in [-0.3, -0.25) is 0 Å². The second kappa shape index (κ2) is 14.6. The van der Waals surface area contributed by atoms with E-state index in [9.17, 15) is 14.0 Å². The first-order chi connectivity index (χ1) is 11.0. The summed E-state index contributed by atoms with van der Waals surface area (Å²) in [7, 11) is 2.68. The van der Waals surface area contributed by atoms with E-state index < -0.39 is 12.3 Å². The largest absolute Gasteiger partial charge is 0.449 e. The highest BCUT2D eigenvalue weighted by Gasteiger charge is 2.16. The zero-order chi connectivity index (χ0) is 17.5. The van der Waals surface area contributed by atoms with Gasteiger partial charge < -0.3 is 4.74 Å². The second-order valence-corrected chi connectivity index (χ2v) is 6.88. The van der Waals surface area contributed by atoms with Gasteiger partial charge in [0.05, 0.1) is 18.7 Å². The van der Waals surface area contributed by atoms with Crippen molar-refractivity contribution in [2.75, 3.05) is 20.7 Å². The van der Waals surface area contributed by atoms with Gasteiger partial charge >= 0.3 is 12.3 Å². The lowest BCUT2D eigenvalue weighted by Crippen LogP contribution is -2.27. The molecule has 0 N–H and O–H groups in total. The van der Waals surface area contributed by atoms with E-state index >= 15 is 0 Å². The molecule has 0 aromatic heterocycles. The molecule has 0 saturated heterocycles. The molecule has 0 heterocycles. The van der Waals surface area contributed by atoms with Gasteiger partial charge in [-0.05, 0) is 6.42 Å². The minimum Gasteiger partial charge on any atom is -0.449 e. The van der Waals surface area contributed by atoms with Gasteiger partial charge in [-0.15, -0.1) is 4.39 Å². The van der Waals surface area contributed by atoms with Crippen LogP contribution in [0.3, 0.4) is 0 Å². The molecule has 5 nitrogen and oxygen atoms in total. The van der Waals surface area contributed by atoms with Crippen LogP contribution in [0.25, 0.3) is 0 Å². The Hall–Kier alpha value is -0.980. The predicted octanol–water partition coefficient (Wildman–Crippen LogP) is 5.56. The Balaban J connectivity index is 3.43. The maximum absolute atomic E-state index is 12.3. The van der Waals surface area contributed by atoms with Crippen LogP contribution in [0.4, 0.5) is 14.0 Å². The fourth-order valence-corrected chi connectivity index (χ4v) is 2.64. The van der Waals surface area contributed by atoms with Crippen molar-refractivity contribution < 1.29 is 18.7 Å². The second-order valence-electron chi connectivity index (χ2n) is 5.63. The first-order valence-corrected chi connectivity index (χ1v) is 9.23. The number of unbranched alkanes of at least 4 members (excludes halogenated alkanes) is 9. The van der Waals surface area contributed by atoms with E-state index in [4.69, 9.17) is 4.74 Å². The molecule has 23 heavy (non-hydrogen) atoms. The minimum absolute atomic E-state index is 0.355. The van der Waals surface area contributed by atoms with Gasteiger partial charge in [-0.25, -0.2) is 18.2 Å². The van der Waals surface area contributed by atoms with Gasteiger partial charge in [0.25, 0.3) is 0 Å². The molecule has 0 spiro atoms. The van der Waals surface area contributed by atoms with E-state index in [1.54, 1.807) is 0 Å². The number of rotatable bonds is 13. The lowest BCUT2D eigenvalue weighted by molar-refractivity contribution is 0.130. The van der Waals surface area contributed by atoms with Crippen LogP contribution in [0.5, 0.6) is 0 Å². The molecule has 0 fully saturated rings. The lowest BCUT2D eigenvalue weighted by atomic mass is 10.1. The van der Waals surface area contributed by atoms with Crippen molar-refractivity contribution in [1.29, 1.82) is 0 Å². The Morgan fingerprint density at radius 1 is 0.870 bits per heavy atom. The quantitative estimate of drug-likeness (QED) is 0.189. The lowest BCUT2D eigenvalue weighted by Gasteiger charge is -2.19. The van der Waals surface area contributed by atoms with Crippen LogP contribution < -0.4 is 0 Å². The maximum atomic E-state index is 12.3. The molecular weight excluding hydrogens is 319 g/mol. The molecule has 0 aromatic rings. The van der Waals surface area contributed by atoms with Crippen molar-refractivity contribution >= 4 is 24.4 Å². The van der Waals surface area contributed by atoms with E-state index in [2.05, 4.69) is 6.92 Å². The standard InChI is InChI=1S/C16H31FN2O3S/c1-4-5-6-7-8-9-10-11-12-13-14-22-16(21)19(3)23-18(2)15(17)20/h4-14H2,1-3H3. The summed E-state index contributed by atoms with van der Waals surface area (Å²) < 4.78 is 19.2. The zero-order valence-corrected chi connectivity index (χ0v) is 15.5. The van der Waals surface area contributed by atoms with Crippen molar-refractivity contribution in [2.45, 2.75) is 71.1 Å². The van der Waals surface area contributed by atoms with Gasteiger partial charge in [0.15, 0.2) is 0 Å². The molecular formula is C16H31FN2O3S. The molecule has 0 atom stereocenters. The van der Waals surface area contributed by atoms with E-state index in [0.717, 1.165) is 27.9 Å². The number of carbonyl (C=O) groups is 2. The van der Waals surface area contributed by atoms with Gasteiger partial charge in [0.2, 0.25) is 0 Å². The third kappa shape index (κ3) is 13.2. The van der Waals surface area contributed by atoms with Crippen LogP contribution >= 0.6 is 12.1 Å². The SMILES string of the molecule is CCCCCCCCCCCCOC(=O)N(C)SN(C)C(=O)F. The normalized spacial score (nSPS) is 10.4. The van der Waals surface area contributed by atoms with Gasteiger partial charge in [-0.1, -0.05) is 64.7 Å². The fraction of sp³-hybridized carbons (Fsp3) is 0.875. The van der Waals surface area contributed by atoms with Crippen molar-refractivity contribution in [3.05, 3.63) is 0 Å². The molecule has 136 valence electrons. The topological polar surface area (TPSA) is 49.9 Å². The smallest absolute Gasteiger partial charge is 0.420 e. The highest BCUT2D eigenvalue weighted by molar-refractivity contribution is 7.95. The van der Waals surface area contributed by atoms with Crippen LogP contribution in [-0.2, 0) is 4.74 Å². The number of ether oxygens (including phenoxy) is 1. The Morgan fingerprint density at radius 2 is 1.35 bits per heavy atom. The summed E-state index contributed by atoms with van der Waals surface area (Å²) in [6, 6.07) is 0. The van der Waals surface area contributed by atoms with Crippen molar-refractivity contribution in [3.8, 4) is 0 Å². The fourth-order valence-electron chi connectivity index (χ4n) is 2.09. The monoisotopic (exact) mass is 350 g/mol. The number of hydrogen-bond acceptors (Lipinski definition) is 4. The van der Waals surface area contributed by atoms with Crippen LogP contribution in [0.1, 0.15) is 71.1 Å². The summed E-state index contributed by atoms with van der Waals surface area (Å²) >= 11 is 0.666. The molecule has 0 rings (SSSR count). The van der Waals surface area contributed by atoms with Gasteiger partial charge in [0, 0.05) is 14.1 Å². The molecule has 0 unspecified atom stereocenters. The van der Waals surface area contributed by atoms with Crippen molar-refractivity contribution in [1.82, 2.24) is 8.61 Å². The molecule has 0 saturated carbocycles. The maximum Gasteiger partial charge on any atom is 0.420 e. The molecule has 7 heteroatoms. The van der Waals surface area contributed by atoms with Crippen LogP contribution in [-0.4, -0.2) is 41.6 Å². The zero-order valence-electron chi connectivity index (χ0n) is 14.7. The van der Waals surface area contributed by atoms with E-state index in [0.29, 0.717) is 18.7 Å². The van der Waals surface area contributed by atoms with Crippen LogP contribution in [0, 0.1) is 0 Å². The van der Waals surface area contributed by atoms with Crippen LogP contribution in [0.15, 0.2) is 0 Å². The van der Waals surface area contributed by atoms with E-state index in [1.807, 2.05) is 0 Å². The third-order valence-electron chi connectivity index (χ3n) is 3.47. The molecule has 0 aliphatic heterocycles. The number of nitrogens with zero attached hydrogens (tertiary/aromatic N) is 2. The summed E-state index contributed by atoms with van der Waals surface area (Å²) in [6.45, 7) is 2.58.